The topological polar surface area (TPSA) is 48.9 Å². The first-order valence-electron chi connectivity index (χ1n) is 5.09. The zero-order valence-electron chi connectivity index (χ0n) is 8.23. The molecule has 1 fully saturated rings. The molecule has 1 unspecified atom stereocenters. The molecule has 1 atom stereocenters. The molecule has 1 aromatic heterocycles. The summed E-state index contributed by atoms with van der Waals surface area (Å²) in [6, 6.07) is 5.26. The van der Waals surface area contributed by atoms with E-state index < -0.39 is 0 Å². The molecule has 0 radical (unpaired) electrons. The Bertz CT molecular complexity index is 488. The lowest BCUT2D eigenvalue weighted by Gasteiger charge is -2.01. The molecule has 2 N–H and O–H groups in total. The number of phenols is 1. The SMILES string of the molecule is Oc1ccc2nc(C3CCSC3)[nH]c2c1. The van der Waals surface area contributed by atoms with Crippen LogP contribution >= 0.6 is 11.8 Å². The van der Waals surface area contributed by atoms with E-state index in [1.165, 1.54) is 12.2 Å². The lowest BCUT2D eigenvalue weighted by Crippen LogP contribution is -1.98. The van der Waals surface area contributed by atoms with E-state index in [-0.39, 0.29) is 0 Å². The number of nitrogens with zero attached hydrogens (tertiary/aromatic N) is 1. The van der Waals surface area contributed by atoms with Crippen LogP contribution in [0, 0.1) is 0 Å². The van der Waals surface area contributed by atoms with Crippen molar-refractivity contribution in [3.63, 3.8) is 0 Å². The summed E-state index contributed by atoms with van der Waals surface area (Å²) in [7, 11) is 0. The molecule has 0 spiro atoms. The predicted octanol–water partition coefficient (Wildman–Crippen LogP) is 2.49. The summed E-state index contributed by atoms with van der Waals surface area (Å²) in [6.45, 7) is 0. The van der Waals surface area contributed by atoms with E-state index in [1.54, 1.807) is 12.1 Å². The summed E-state index contributed by atoms with van der Waals surface area (Å²) in [6.07, 6.45) is 1.20. The van der Waals surface area contributed by atoms with Crippen molar-refractivity contribution in [2.24, 2.45) is 0 Å². The van der Waals surface area contributed by atoms with Crippen molar-refractivity contribution in [2.75, 3.05) is 11.5 Å². The summed E-state index contributed by atoms with van der Waals surface area (Å²) in [5.74, 6) is 4.31. The molecular weight excluding hydrogens is 208 g/mol. The monoisotopic (exact) mass is 220 g/mol. The molecule has 0 aliphatic carbocycles. The van der Waals surface area contributed by atoms with E-state index >= 15 is 0 Å². The first-order chi connectivity index (χ1) is 7.33. The molecule has 3 nitrogen and oxygen atoms in total. The number of hydrogen-bond acceptors (Lipinski definition) is 3. The van der Waals surface area contributed by atoms with Gasteiger partial charge in [0.15, 0.2) is 0 Å². The second-order valence-corrected chi connectivity index (χ2v) is 5.03. The molecule has 1 saturated heterocycles. The minimum absolute atomic E-state index is 0.290. The number of fused-ring (bicyclic) bond motifs is 1. The average Bonchev–Trinajstić information content (AvgIpc) is 2.84. The number of aromatic hydroxyl groups is 1. The van der Waals surface area contributed by atoms with Crippen molar-refractivity contribution in [1.29, 1.82) is 0 Å². The standard InChI is InChI=1S/C11H12N2OS/c14-8-1-2-9-10(5-8)13-11(12-9)7-3-4-15-6-7/h1-2,5,7,14H,3-4,6H2,(H,12,13). The second-order valence-electron chi connectivity index (χ2n) is 3.88. The highest BCUT2D eigenvalue weighted by Gasteiger charge is 2.20. The Balaban J connectivity index is 2.05. The molecule has 78 valence electrons. The van der Waals surface area contributed by atoms with Crippen LogP contribution < -0.4 is 0 Å². The molecule has 2 heterocycles. The molecule has 1 aromatic carbocycles. The van der Waals surface area contributed by atoms with Crippen LogP contribution in [-0.2, 0) is 0 Å². The Morgan fingerprint density at radius 3 is 3.20 bits per heavy atom. The molecule has 0 bridgehead atoms. The van der Waals surface area contributed by atoms with Gasteiger partial charge in [-0.1, -0.05) is 0 Å². The van der Waals surface area contributed by atoms with Crippen molar-refractivity contribution >= 4 is 22.8 Å². The fourth-order valence-corrected chi connectivity index (χ4v) is 3.19. The van der Waals surface area contributed by atoms with Crippen molar-refractivity contribution in [3.8, 4) is 5.75 Å². The maximum absolute atomic E-state index is 9.35. The normalized spacial score (nSPS) is 21.2. The molecule has 3 rings (SSSR count). The molecule has 1 aliphatic rings. The highest BCUT2D eigenvalue weighted by atomic mass is 32.2. The van der Waals surface area contributed by atoms with Gasteiger partial charge in [-0.15, -0.1) is 0 Å². The lowest BCUT2D eigenvalue weighted by molar-refractivity contribution is 0.476. The predicted molar refractivity (Wildman–Crippen MR) is 62.4 cm³/mol. The number of imidazole rings is 1. The van der Waals surface area contributed by atoms with E-state index in [2.05, 4.69) is 9.97 Å². The smallest absolute Gasteiger partial charge is 0.117 e. The number of aromatic nitrogens is 2. The highest BCUT2D eigenvalue weighted by molar-refractivity contribution is 7.99. The molecule has 15 heavy (non-hydrogen) atoms. The first-order valence-corrected chi connectivity index (χ1v) is 6.25. The summed E-state index contributed by atoms with van der Waals surface area (Å²) in [5.41, 5.74) is 1.88. The van der Waals surface area contributed by atoms with Crippen LogP contribution in [0.2, 0.25) is 0 Å². The number of nitrogens with one attached hydrogen (secondary N) is 1. The van der Waals surface area contributed by atoms with Crippen LogP contribution in [0.15, 0.2) is 18.2 Å². The molecule has 2 aromatic rings. The average molecular weight is 220 g/mol. The van der Waals surface area contributed by atoms with Gasteiger partial charge in [0.05, 0.1) is 11.0 Å². The maximum atomic E-state index is 9.35. The van der Waals surface area contributed by atoms with Gasteiger partial charge in [-0.2, -0.15) is 11.8 Å². The molecular formula is C11H12N2OS. The molecule has 4 heteroatoms. The number of phenolic OH excluding ortho intramolecular Hbond substituents is 1. The van der Waals surface area contributed by atoms with Gasteiger partial charge in [-0.3, -0.25) is 0 Å². The van der Waals surface area contributed by atoms with Gasteiger partial charge in [-0.05, 0) is 24.3 Å². The van der Waals surface area contributed by atoms with E-state index in [4.69, 9.17) is 0 Å². The summed E-state index contributed by atoms with van der Waals surface area (Å²) in [4.78, 5) is 7.85. The van der Waals surface area contributed by atoms with Crippen molar-refractivity contribution in [2.45, 2.75) is 12.3 Å². The summed E-state index contributed by atoms with van der Waals surface area (Å²) >= 11 is 1.98. The van der Waals surface area contributed by atoms with Gasteiger partial charge in [0.2, 0.25) is 0 Å². The van der Waals surface area contributed by atoms with E-state index in [0.717, 1.165) is 22.6 Å². The van der Waals surface area contributed by atoms with Crippen molar-refractivity contribution in [3.05, 3.63) is 24.0 Å². The third-order valence-corrected chi connectivity index (χ3v) is 3.96. The Hall–Kier alpha value is -1.16. The van der Waals surface area contributed by atoms with Gasteiger partial charge < -0.3 is 10.1 Å². The first kappa shape index (κ1) is 9.09. The van der Waals surface area contributed by atoms with Gasteiger partial charge in [0, 0.05) is 17.7 Å². The molecule has 0 saturated carbocycles. The highest BCUT2D eigenvalue weighted by Crippen LogP contribution is 2.32. The Labute approximate surface area is 91.9 Å². The number of hydrogen-bond donors (Lipinski definition) is 2. The lowest BCUT2D eigenvalue weighted by atomic mass is 10.1. The van der Waals surface area contributed by atoms with Gasteiger partial charge in [0.1, 0.15) is 11.6 Å². The Morgan fingerprint density at radius 1 is 1.47 bits per heavy atom. The van der Waals surface area contributed by atoms with Gasteiger partial charge >= 0.3 is 0 Å². The quantitative estimate of drug-likeness (QED) is 0.776. The molecule has 0 amide bonds. The van der Waals surface area contributed by atoms with Crippen LogP contribution in [-0.4, -0.2) is 26.6 Å². The largest absolute Gasteiger partial charge is 0.508 e. The summed E-state index contributed by atoms with van der Waals surface area (Å²) < 4.78 is 0. The van der Waals surface area contributed by atoms with Crippen LogP contribution in [0.5, 0.6) is 5.75 Å². The van der Waals surface area contributed by atoms with E-state index in [9.17, 15) is 5.11 Å². The number of rotatable bonds is 1. The number of benzene rings is 1. The van der Waals surface area contributed by atoms with E-state index in [1.807, 2.05) is 17.8 Å². The second kappa shape index (κ2) is 3.45. The Morgan fingerprint density at radius 2 is 2.40 bits per heavy atom. The minimum atomic E-state index is 0.290. The van der Waals surface area contributed by atoms with Gasteiger partial charge in [0.25, 0.3) is 0 Å². The fourth-order valence-electron chi connectivity index (χ4n) is 1.96. The van der Waals surface area contributed by atoms with Crippen LogP contribution in [0.4, 0.5) is 0 Å². The van der Waals surface area contributed by atoms with Gasteiger partial charge in [-0.25, -0.2) is 4.98 Å². The molecule has 1 aliphatic heterocycles. The fraction of sp³-hybridized carbons (Fsp3) is 0.364. The van der Waals surface area contributed by atoms with Crippen LogP contribution in [0.1, 0.15) is 18.2 Å². The van der Waals surface area contributed by atoms with Crippen molar-refractivity contribution in [1.82, 2.24) is 9.97 Å². The third-order valence-electron chi connectivity index (χ3n) is 2.80. The third kappa shape index (κ3) is 1.59. The Kier molecular flexibility index (Phi) is 2.09. The van der Waals surface area contributed by atoms with Crippen molar-refractivity contribution < 1.29 is 5.11 Å². The van der Waals surface area contributed by atoms with Crippen LogP contribution in [0.25, 0.3) is 11.0 Å². The van der Waals surface area contributed by atoms with Crippen LogP contribution in [0.3, 0.4) is 0 Å². The number of aromatic amines is 1. The summed E-state index contributed by atoms with van der Waals surface area (Å²) in [5, 5.41) is 9.35. The number of thioether (sulfide) groups is 1. The maximum Gasteiger partial charge on any atom is 0.117 e. The zero-order valence-corrected chi connectivity index (χ0v) is 9.05. The zero-order chi connectivity index (χ0) is 10.3. The number of H-pyrrole nitrogens is 1. The minimum Gasteiger partial charge on any atom is -0.508 e. The van der Waals surface area contributed by atoms with E-state index in [0.29, 0.717) is 11.7 Å².